The molecule has 0 aliphatic carbocycles. The standard InChI is InChI=1S/C14H28N4O/c1-10-12(13(19-7)18(6)16-10)11(8-15)17(5)9-14(2,3)4/h11H,8-9,15H2,1-7H3. The van der Waals surface area contributed by atoms with Gasteiger partial charge in [-0.2, -0.15) is 5.10 Å². The lowest BCUT2D eigenvalue weighted by Gasteiger charge is -2.33. The van der Waals surface area contributed by atoms with Crippen molar-refractivity contribution in [3.63, 3.8) is 0 Å². The highest BCUT2D eigenvalue weighted by Gasteiger charge is 2.27. The van der Waals surface area contributed by atoms with E-state index in [1.54, 1.807) is 11.8 Å². The summed E-state index contributed by atoms with van der Waals surface area (Å²) >= 11 is 0. The van der Waals surface area contributed by atoms with Crippen LogP contribution in [-0.2, 0) is 7.05 Å². The number of rotatable bonds is 5. The number of methoxy groups -OCH3 is 1. The van der Waals surface area contributed by atoms with Crippen molar-refractivity contribution in [3.05, 3.63) is 11.3 Å². The molecule has 0 saturated carbocycles. The molecule has 1 heterocycles. The first-order valence-corrected chi connectivity index (χ1v) is 6.69. The topological polar surface area (TPSA) is 56.3 Å². The van der Waals surface area contributed by atoms with E-state index in [0.29, 0.717) is 6.54 Å². The fourth-order valence-corrected chi connectivity index (χ4v) is 2.66. The van der Waals surface area contributed by atoms with Crippen LogP contribution in [0.4, 0.5) is 0 Å². The van der Waals surface area contributed by atoms with Crippen molar-refractivity contribution in [1.82, 2.24) is 14.7 Å². The minimum absolute atomic E-state index is 0.128. The van der Waals surface area contributed by atoms with Gasteiger partial charge < -0.3 is 10.5 Å². The van der Waals surface area contributed by atoms with Gasteiger partial charge in [0.1, 0.15) is 0 Å². The molecule has 5 heteroatoms. The lowest BCUT2D eigenvalue weighted by atomic mass is 9.94. The van der Waals surface area contributed by atoms with Gasteiger partial charge in [-0.1, -0.05) is 20.8 Å². The van der Waals surface area contributed by atoms with Crippen LogP contribution in [0.25, 0.3) is 0 Å². The molecule has 19 heavy (non-hydrogen) atoms. The summed E-state index contributed by atoms with van der Waals surface area (Å²) in [7, 11) is 5.68. The summed E-state index contributed by atoms with van der Waals surface area (Å²) in [4.78, 5) is 2.28. The van der Waals surface area contributed by atoms with Crippen molar-refractivity contribution in [2.24, 2.45) is 18.2 Å². The van der Waals surface area contributed by atoms with Crippen LogP contribution in [0, 0.1) is 12.3 Å². The van der Waals surface area contributed by atoms with E-state index in [9.17, 15) is 0 Å². The molecule has 0 spiro atoms. The zero-order chi connectivity index (χ0) is 14.8. The van der Waals surface area contributed by atoms with Gasteiger partial charge in [-0.3, -0.25) is 4.90 Å². The highest BCUT2D eigenvalue weighted by atomic mass is 16.5. The first kappa shape index (κ1) is 16.0. The van der Waals surface area contributed by atoms with Gasteiger partial charge in [-0.15, -0.1) is 0 Å². The van der Waals surface area contributed by atoms with Gasteiger partial charge >= 0.3 is 0 Å². The van der Waals surface area contributed by atoms with Crippen LogP contribution in [0.15, 0.2) is 0 Å². The van der Waals surface area contributed by atoms with E-state index in [0.717, 1.165) is 23.7 Å². The Morgan fingerprint density at radius 2 is 2.00 bits per heavy atom. The van der Waals surface area contributed by atoms with E-state index in [-0.39, 0.29) is 11.5 Å². The third-order valence-corrected chi connectivity index (χ3v) is 3.22. The molecule has 2 N–H and O–H groups in total. The number of hydrogen-bond acceptors (Lipinski definition) is 4. The Bertz CT molecular complexity index is 420. The van der Waals surface area contributed by atoms with E-state index in [1.807, 2.05) is 14.0 Å². The quantitative estimate of drug-likeness (QED) is 0.883. The number of nitrogens with two attached hydrogens (primary N) is 1. The predicted octanol–water partition coefficient (Wildman–Crippen LogP) is 1.71. The van der Waals surface area contributed by atoms with Gasteiger partial charge in [0.25, 0.3) is 0 Å². The van der Waals surface area contributed by atoms with Crippen molar-refractivity contribution in [1.29, 1.82) is 0 Å². The molecular formula is C14H28N4O. The SMILES string of the molecule is COc1c(C(CN)N(C)CC(C)(C)C)c(C)nn1C. The molecule has 1 aromatic rings. The number of aromatic nitrogens is 2. The second kappa shape index (κ2) is 5.92. The van der Waals surface area contributed by atoms with Crippen LogP contribution < -0.4 is 10.5 Å². The summed E-state index contributed by atoms with van der Waals surface area (Å²) in [5.41, 5.74) is 8.30. The number of hydrogen-bond donors (Lipinski definition) is 1. The number of ether oxygens (including phenoxy) is 1. The summed E-state index contributed by atoms with van der Waals surface area (Å²) in [6.07, 6.45) is 0. The van der Waals surface area contributed by atoms with Crippen LogP contribution in [0.5, 0.6) is 5.88 Å². The van der Waals surface area contributed by atoms with Gasteiger partial charge in [-0.05, 0) is 19.4 Å². The number of aryl methyl sites for hydroxylation is 2. The third kappa shape index (κ3) is 3.70. The molecule has 1 rings (SSSR count). The fourth-order valence-electron chi connectivity index (χ4n) is 2.66. The highest BCUT2D eigenvalue weighted by molar-refractivity contribution is 5.34. The van der Waals surface area contributed by atoms with Gasteiger partial charge in [0, 0.05) is 20.1 Å². The molecule has 0 aliphatic rings. The minimum Gasteiger partial charge on any atom is -0.481 e. The highest BCUT2D eigenvalue weighted by Crippen LogP contribution is 2.32. The molecule has 0 bridgehead atoms. The van der Waals surface area contributed by atoms with Crippen molar-refractivity contribution in [3.8, 4) is 5.88 Å². The molecule has 0 aromatic carbocycles. The summed E-state index contributed by atoms with van der Waals surface area (Å²) in [5, 5.41) is 4.44. The largest absolute Gasteiger partial charge is 0.481 e. The average molecular weight is 268 g/mol. The summed E-state index contributed by atoms with van der Waals surface area (Å²) < 4.78 is 7.25. The van der Waals surface area contributed by atoms with Crippen LogP contribution in [-0.4, -0.2) is 41.9 Å². The Morgan fingerprint density at radius 1 is 1.42 bits per heavy atom. The second-order valence-corrected chi connectivity index (χ2v) is 6.36. The van der Waals surface area contributed by atoms with E-state index in [2.05, 4.69) is 37.8 Å². The molecule has 0 fully saturated rings. The molecule has 1 atom stereocenters. The normalized spacial score (nSPS) is 13.9. The average Bonchev–Trinajstić information content (AvgIpc) is 2.52. The van der Waals surface area contributed by atoms with Crippen LogP contribution in [0.2, 0.25) is 0 Å². The first-order chi connectivity index (χ1) is 8.71. The predicted molar refractivity (Wildman–Crippen MR) is 78.4 cm³/mol. The maximum atomic E-state index is 5.99. The van der Waals surface area contributed by atoms with Crippen molar-refractivity contribution < 1.29 is 4.74 Å². The molecule has 0 aliphatic heterocycles. The van der Waals surface area contributed by atoms with Crippen molar-refractivity contribution in [2.75, 3.05) is 27.2 Å². The van der Waals surface area contributed by atoms with Gasteiger partial charge in [0.05, 0.1) is 24.4 Å². The number of nitrogens with zero attached hydrogens (tertiary/aromatic N) is 3. The van der Waals surface area contributed by atoms with Crippen LogP contribution in [0.3, 0.4) is 0 Å². The number of likely N-dealkylation sites (N-methyl/N-ethyl adjacent to an activating group) is 1. The Hall–Kier alpha value is -1.07. The second-order valence-electron chi connectivity index (χ2n) is 6.36. The molecular weight excluding hydrogens is 240 g/mol. The monoisotopic (exact) mass is 268 g/mol. The lowest BCUT2D eigenvalue weighted by molar-refractivity contribution is 0.172. The van der Waals surface area contributed by atoms with E-state index < -0.39 is 0 Å². The van der Waals surface area contributed by atoms with Crippen LogP contribution in [0.1, 0.15) is 38.1 Å². The van der Waals surface area contributed by atoms with E-state index in [1.165, 1.54) is 0 Å². The van der Waals surface area contributed by atoms with Gasteiger partial charge in [0.2, 0.25) is 5.88 Å². The van der Waals surface area contributed by atoms with E-state index in [4.69, 9.17) is 10.5 Å². The molecule has 0 radical (unpaired) electrons. The Labute approximate surface area is 116 Å². The Balaban J connectivity index is 3.10. The molecule has 0 saturated heterocycles. The maximum absolute atomic E-state index is 5.99. The van der Waals surface area contributed by atoms with Crippen molar-refractivity contribution in [2.45, 2.75) is 33.7 Å². The summed E-state index contributed by atoms with van der Waals surface area (Å²) in [5.74, 6) is 0.800. The van der Waals surface area contributed by atoms with E-state index >= 15 is 0 Å². The molecule has 1 aromatic heterocycles. The maximum Gasteiger partial charge on any atom is 0.216 e. The fraction of sp³-hybridized carbons (Fsp3) is 0.786. The summed E-state index contributed by atoms with van der Waals surface area (Å²) in [6.45, 7) is 10.2. The smallest absolute Gasteiger partial charge is 0.216 e. The molecule has 5 nitrogen and oxygen atoms in total. The molecule has 1 unspecified atom stereocenters. The first-order valence-electron chi connectivity index (χ1n) is 6.69. The van der Waals surface area contributed by atoms with Gasteiger partial charge in [-0.25, -0.2) is 4.68 Å². The van der Waals surface area contributed by atoms with Crippen molar-refractivity contribution >= 4 is 0 Å². The Kier molecular flexibility index (Phi) is 4.98. The lowest BCUT2D eigenvalue weighted by Crippen LogP contribution is -2.36. The zero-order valence-electron chi connectivity index (χ0n) is 13.3. The summed E-state index contributed by atoms with van der Waals surface area (Å²) in [6, 6.07) is 0.128. The van der Waals surface area contributed by atoms with Crippen LogP contribution >= 0.6 is 0 Å². The molecule has 0 amide bonds. The zero-order valence-corrected chi connectivity index (χ0v) is 13.3. The minimum atomic E-state index is 0.128. The molecule has 110 valence electrons. The third-order valence-electron chi connectivity index (χ3n) is 3.22. The Morgan fingerprint density at radius 3 is 2.42 bits per heavy atom. The van der Waals surface area contributed by atoms with Gasteiger partial charge in [0.15, 0.2) is 0 Å².